The lowest BCUT2D eigenvalue weighted by molar-refractivity contribution is 0.132. The van der Waals surface area contributed by atoms with Crippen LogP contribution in [0.25, 0.3) is 20.9 Å². The van der Waals surface area contributed by atoms with Crippen LogP contribution in [0.3, 0.4) is 0 Å². The van der Waals surface area contributed by atoms with Crippen LogP contribution in [0.1, 0.15) is 16.7 Å². The highest BCUT2D eigenvalue weighted by Gasteiger charge is 2.45. The molecule has 0 saturated carbocycles. The monoisotopic (exact) mass is 346 g/mol. The van der Waals surface area contributed by atoms with Gasteiger partial charge in [-0.3, -0.25) is 0 Å². The highest BCUT2D eigenvalue weighted by Crippen LogP contribution is 2.56. The summed E-state index contributed by atoms with van der Waals surface area (Å²) in [7, 11) is 0. The summed E-state index contributed by atoms with van der Waals surface area (Å²) in [6, 6.07) is 22.6. The van der Waals surface area contributed by atoms with Crippen molar-refractivity contribution in [3.63, 3.8) is 0 Å². The van der Waals surface area contributed by atoms with Crippen molar-refractivity contribution < 1.29 is 5.11 Å². The molecule has 4 aromatic rings. The predicted molar refractivity (Wildman–Crippen MR) is 102 cm³/mol. The van der Waals surface area contributed by atoms with Crippen LogP contribution in [0.2, 0.25) is 0 Å². The highest BCUT2D eigenvalue weighted by atomic mass is 32.1. The smallest absolute Gasteiger partial charge is 0.144 e. The van der Waals surface area contributed by atoms with Gasteiger partial charge in [-0.05, 0) is 34.0 Å². The molecule has 116 valence electrons. The van der Waals surface area contributed by atoms with Crippen LogP contribution >= 0.6 is 22.7 Å². The summed E-state index contributed by atoms with van der Waals surface area (Å²) in [5.74, 6) is 0. The van der Waals surface area contributed by atoms with E-state index in [1.165, 1.54) is 9.75 Å². The molecular weight excluding hydrogens is 332 g/mol. The van der Waals surface area contributed by atoms with Crippen molar-refractivity contribution in [3.05, 3.63) is 94.2 Å². The van der Waals surface area contributed by atoms with Crippen LogP contribution < -0.4 is 0 Å². The summed E-state index contributed by atoms with van der Waals surface area (Å²) < 4.78 is 0. The molecule has 0 bridgehead atoms. The second-order valence-corrected chi connectivity index (χ2v) is 7.78. The summed E-state index contributed by atoms with van der Waals surface area (Å²) in [4.78, 5) is 2.40. The summed E-state index contributed by atoms with van der Waals surface area (Å²) in [5, 5.41) is 16.0. The maximum absolute atomic E-state index is 11.9. The molecule has 0 radical (unpaired) electrons. The van der Waals surface area contributed by atoms with E-state index in [9.17, 15) is 5.11 Å². The van der Waals surface area contributed by atoms with Crippen molar-refractivity contribution >= 4 is 22.7 Å². The fourth-order valence-electron chi connectivity index (χ4n) is 3.64. The van der Waals surface area contributed by atoms with Crippen molar-refractivity contribution in [1.29, 1.82) is 0 Å². The Balaban J connectivity index is 1.83. The number of aliphatic hydroxyl groups is 1. The Kier molecular flexibility index (Phi) is 3.04. The van der Waals surface area contributed by atoms with Gasteiger partial charge in [0.1, 0.15) is 5.60 Å². The molecule has 1 aliphatic carbocycles. The first-order valence-electron chi connectivity index (χ1n) is 7.84. The van der Waals surface area contributed by atoms with Gasteiger partial charge in [-0.25, -0.2) is 0 Å². The van der Waals surface area contributed by atoms with Crippen molar-refractivity contribution in [1.82, 2.24) is 0 Å². The van der Waals surface area contributed by atoms with Gasteiger partial charge < -0.3 is 5.11 Å². The van der Waals surface area contributed by atoms with Crippen LogP contribution in [0, 0.1) is 0 Å². The van der Waals surface area contributed by atoms with Gasteiger partial charge in [0.25, 0.3) is 0 Å². The fraction of sp³-hybridized carbons (Fsp3) is 0.0476. The van der Waals surface area contributed by atoms with Crippen LogP contribution in [0.5, 0.6) is 0 Å². The molecule has 0 aliphatic heterocycles. The third kappa shape index (κ3) is 1.77. The third-order valence-corrected chi connectivity index (χ3v) is 6.71. The van der Waals surface area contributed by atoms with Crippen LogP contribution in [0.4, 0.5) is 0 Å². The van der Waals surface area contributed by atoms with E-state index >= 15 is 0 Å². The van der Waals surface area contributed by atoms with Crippen molar-refractivity contribution in [2.45, 2.75) is 5.60 Å². The van der Waals surface area contributed by atoms with Gasteiger partial charge in [0, 0.05) is 16.7 Å². The van der Waals surface area contributed by atoms with Crippen LogP contribution in [-0.2, 0) is 5.60 Å². The molecule has 1 nitrogen and oxygen atoms in total. The fourth-order valence-corrected chi connectivity index (χ4v) is 5.73. The number of fused-ring (bicyclic) bond motifs is 3. The van der Waals surface area contributed by atoms with E-state index < -0.39 is 5.60 Å². The first-order valence-corrected chi connectivity index (χ1v) is 9.59. The molecule has 2 heterocycles. The van der Waals surface area contributed by atoms with Crippen molar-refractivity contribution in [3.8, 4) is 20.9 Å². The molecule has 24 heavy (non-hydrogen) atoms. The molecule has 3 heteroatoms. The lowest BCUT2D eigenvalue weighted by Gasteiger charge is -2.27. The molecule has 0 unspecified atom stereocenters. The Morgan fingerprint density at radius 1 is 0.625 bits per heavy atom. The molecule has 5 rings (SSSR count). The average molecular weight is 346 g/mol. The zero-order valence-electron chi connectivity index (χ0n) is 12.8. The van der Waals surface area contributed by atoms with Gasteiger partial charge in [0.2, 0.25) is 0 Å². The molecule has 0 atom stereocenters. The first kappa shape index (κ1) is 14.2. The second kappa shape index (κ2) is 5.15. The van der Waals surface area contributed by atoms with E-state index in [1.807, 2.05) is 30.3 Å². The van der Waals surface area contributed by atoms with Gasteiger partial charge in [-0.2, -0.15) is 0 Å². The molecule has 1 aliphatic rings. The number of benzene rings is 2. The van der Waals surface area contributed by atoms with E-state index in [0.717, 1.165) is 27.8 Å². The predicted octanol–water partition coefficient (Wildman–Crippen LogP) is 5.74. The lowest BCUT2D eigenvalue weighted by atomic mass is 9.81. The second-order valence-electron chi connectivity index (χ2n) is 5.95. The standard InChI is InChI=1S/C21H14OS2/c22-21(17-10-12-23-19(17)20-18(21)11-13-24-20)16-9-5-4-8-15(16)14-6-2-1-3-7-14/h1-13,22H. The molecule has 0 spiro atoms. The SMILES string of the molecule is OC1(c2ccccc2-c2ccccc2)c2ccsc2-c2sccc21. The maximum Gasteiger partial charge on any atom is 0.144 e. The number of rotatable bonds is 2. The minimum Gasteiger partial charge on any atom is -0.376 e. The summed E-state index contributed by atoms with van der Waals surface area (Å²) >= 11 is 3.42. The minimum atomic E-state index is -1.07. The number of hydrogen-bond acceptors (Lipinski definition) is 3. The number of thiophene rings is 2. The van der Waals surface area contributed by atoms with Gasteiger partial charge in [-0.15, -0.1) is 22.7 Å². The van der Waals surface area contributed by atoms with Crippen LogP contribution in [-0.4, -0.2) is 5.11 Å². The summed E-state index contributed by atoms with van der Waals surface area (Å²) in [6.07, 6.45) is 0. The minimum absolute atomic E-state index is 0.952. The first-order chi connectivity index (χ1) is 11.8. The quantitative estimate of drug-likeness (QED) is 0.490. The molecule has 0 fully saturated rings. The Bertz CT molecular complexity index is 986. The van der Waals surface area contributed by atoms with E-state index in [4.69, 9.17) is 0 Å². The largest absolute Gasteiger partial charge is 0.376 e. The highest BCUT2D eigenvalue weighted by molar-refractivity contribution is 7.21. The topological polar surface area (TPSA) is 20.2 Å². The maximum atomic E-state index is 11.9. The summed E-state index contributed by atoms with van der Waals surface area (Å²) in [5.41, 5.74) is 4.11. The van der Waals surface area contributed by atoms with Crippen molar-refractivity contribution in [2.75, 3.05) is 0 Å². The molecule has 1 N–H and O–H groups in total. The normalized spacial score (nSPS) is 14.4. The van der Waals surface area contributed by atoms with E-state index in [-0.39, 0.29) is 0 Å². The van der Waals surface area contributed by atoms with Gasteiger partial charge in [-0.1, -0.05) is 54.6 Å². The van der Waals surface area contributed by atoms with Gasteiger partial charge >= 0.3 is 0 Å². The number of hydrogen-bond donors (Lipinski definition) is 1. The molecular formula is C21H14OS2. The average Bonchev–Trinajstić information content (AvgIpc) is 3.34. The van der Waals surface area contributed by atoms with Crippen LogP contribution in [0.15, 0.2) is 77.5 Å². The van der Waals surface area contributed by atoms with E-state index in [2.05, 4.69) is 47.2 Å². The Morgan fingerprint density at radius 3 is 1.88 bits per heavy atom. The van der Waals surface area contributed by atoms with Gasteiger partial charge in [0.05, 0.1) is 9.75 Å². The van der Waals surface area contributed by atoms with Crippen molar-refractivity contribution in [2.24, 2.45) is 0 Å². The van der Waals surface area contributed by atoms with E-state index in [1.54, 1.807) is 22.7 Å². The Hall–Kier alpha value is -2.20. The van der Waals surface area contributed by atoms with Gasteiger partial charge in [0.15, 0.2) is 0 Å². The molecule has 2 aromatic heterocycles. The zero-order chi connectivity index (χ0) is 16.1. The third-order valence-electron chi connectivity index (χ3n) is 4.72. The lowest BCUT2D eigenvalue weighted by Crippen LogP contribution is -2.26. The Labute approximate surface area is 148 Å². The molecule has 0 saturated heterocycles. The molecule has 0 amide bonds. The van der Waals surface area contributed by atoms with E-state index in [0.29, 0.717) is 0 Å². The summed E-state index contributed by atoms with van der Waals surface area (Å²) in [6.45, 7) is 0. The molecule has 2 aromatic carbocycles. The zero-order valence-corrected chi connectivity index (χ0v) is 14.4. The Morgan fingerprint density at radius 2 is 1.21 bits per heavy atom.